The summed E-state index contributed by atoms with van der Waals surface area (Å²) in [7, 11) is 1.60. The van der Waals surface area contributed by atoms with Crippen molar-refractivity contribution in [2.24, 2.45) is 0 Å². The fourth-order valence-electron chi connectivity index (χ4n) is 3.11. The molecule has 164 valence electrons. The topological polar surface area (TPSA) is 89.6 Å². The van der Waals surface area contributed by atoms with Crippen LogP contribution < -0.4 is 20.1 Å². The Morgan fingerprint density at radius 3 is 2.44 bits per heavy atom. The Morgan fingerprint density at radius 1 is 0.969 bits per heavy atom. The Labute approximate surface area is 186 Å². The number of hydrogen-bond donors (Lipinski definition) is 2. The molecule has 1 aliphatic carbocycles. The van der Waals surface area contributed by atoms with Gasteiger partial charge in [0, 0.05) is 35.1 Å². The monoisotopic (exact) mass is 431 g/mol. The second kappa shape index (κ2) is 9.51. The molecular weight excluding hydrogens is 406 g/mol. The normalized spacial score (nSPS) is 12.7. The van der Waals surface area contributed by atoms with E-state index < -0.39 is 0 Å². The molecule has 32 heavy (non-hydrogen) atoms. The Hall–Kier alpha value is -3.87. The summed E-state index contributed by atoms with van der Waals surface area (Å²) in [4.78, 5) is 29.3. The summed E-state index contributed by atoms with van der Waals surface area (Å²) in [6, 6.07) is 16.0. The smallest absolute Gasteiger partial charge is 0.255 e. The maximum atomic E-state index is 12.7. The van der Waals surface area contributed by atoms with Gasteiger partial charge in [-0.05, 0) is 67.8 Å². The Bertz CT molecular complexity index is 1120. The molecule has 4 rings (SSSR count). The average molecular weight is 431 g/mol. The molecule has 3 aromatic rings. The van der Waals surface area contributed by atoms with Crippen molar-refractivity contribution in [3.8, 4) is 11.5 Å². The van der Waals surface area contributed by atoms with E-state index in [9.17, 15) is 9.59 Å². The minimum absolute atomic E-state index is 0.116. The van der Waals surface area contributed by atoms with Crippen LogP contribution in [0.5, 0.6) is 11.5 Å². The van der Waals surface area contributed by atoms with Gasteiger partial charge < -0.3 is 20.1 Å². The molecule has 0 unspecified atom stereocenters. The summed E-state index contributed by atoms with van der Waals surface area (Å²) in [6.45, 7) is 2.18. The maximum Gasteiger partial charge on any atom is 0.255 e. The third-order valence-corrected chi connectivity index (χ3v) is 5.19. The summed E-state index contributed by atoms with van der Waals surface area (Å²) >= 11 is 0. The van der Waals surface area contributed by atoms with E-state index in [0.717, 1.165) is 29.8 Å². The maximum absolute atomic E-state index is 12.7. The van der Waals surface area contributed by atoms with Crippen LogP contribution in [0.3, 0.4) is 0 Å². The first-order valence-corrected chi connectivity index (χ1v) is 10.5. The zero-order valence-corrected chi connectivity index (χ0v) is 18.1. The lowest BCUT2D eigenvalue weighted by Gasteiger charge is -2.12. The second-order valence-corrected chi connectivity index (χ2v) is 7.73. The molecular formula is C25H25N3O4. The summed E-state index contributed by atoms with van der Waals surface area (Å²) in [6.07, 6.45) is 3.71. The number of methoxy groups -OCH3 is 1. The molecule has 7 nitrogen and oxygen atoms in total. The molecule has 1 saturated carbocycles. The Kier molecular flexibility index (Phi) is 6.35. The van der Waals surface area contributed by atoms with Gasteiger partial charge in [0.1, 0.15) is 18.1 Å². The largest absolute Gasteiger partial charge is 0.497 e. The first-order chi connectivity index (χ1) is 15.5. The van der Waals surface area contributed by atoms with Crippen LogP contribution in [-0.4, -0.2) is 29.9 Å². The number of aromatic nitrogens is 1. The molecule has 0 aliphatic heterocycles. The van der Waals surface area contributed by atoms with Crippen LogP contribution in [0.4, 0.5) is 5.69 Å². The number of nitrogens with one attached hydrogen (secondary N) is 2. The van der Waals surface area contributed by atoms with Crippen LogP contribution >= 0.6 is 0 Å². The van der Waals surface area contributed by atoms with Crippen LogP contribution in [0, 0.1) is 6.92 Å². The second-order valence-electron chi connectivity index (χ2n) is 7.73. The molecule has 2 N–H and O–H groups in total. The molecule has 0 spiro atoms. The summed E-state index contributed by atoms with van der Waals surface area (Å²) in [5.74, 6) is 0.972. The number of nitrogens with zero attached hydrogens (tertiary/aromatic N) is 1. The predicted octanol–water partition coefficient (Wildman–Crippen LogP) is 4.12. The number of carbonyl (C=O) groups is 2. The van der Waals surface area contributed by atoms with Crippen molar-refractivity contribution in [1.82, 2.24) is 10.3 Å². The Morgan fingerprint density at radius 2 is 1.72 bits per heavy atom. The van der Waals surface area contributed by atoms with Gasteiger partial charge >= 0.3 is 0 Å². The van der Waals surface area contributed by atoms with E-state index in [0.29, 0.717) is 22.6 Å². The average Bonchev–Trinajstić information content (AvgIpc) is 3.63. The molecule has 0 radical (unpaired) electrons. The third-order valence-electron chi connectivity index (χ3n) is 5.19. The van der Waals surface area contributed by atoms with E-state index in [1.54, 1.807) is 55.8 Å². The summed E-state index contributed by atoms with van der Waals surface area (Å²) < 4.78 is 10.9. The number of aryl methyl sites for hydroxylation is 1. The zero-order chi connectivity index (χ0) is 22.5. The molecule has 7 heteroatoms. The van der Waals surface area contributed by atoms with E-state index in [-0.39, 0.29) is 24.5 Å². The summed E-state index contributed by atoms with van der Waals surface area (Å²) in [5.41, 5.74) is 3.26. The van der Waals surface area contributed by atoms with Gasteiger partial charge in [-0.1, -0.05) is 6.07 Å². The van der Waals surface area contributed by atoms with Gasteiger partial charge in [-0.3, -0.25) is 14.6 Å². The van der Waals surface area contributed by atoms with Crippen molar-refractivity contribution in [1.29, 1.82) is 0 Å². The van der Waals surface area contributed by atoms with Crippen LogP contribution in [-0.2, 0) is 6.61 Å². The van der Waals surface area contributed by atoms with Crippen molar-refractivity contribution < 1.29 is 19.1 Å². The molecule has 1 fully saturated rings. The van der Waals surface area contributed by atoms with Crippen molar-refractivity contribution in [2.45, 2.75) is 32.4 Å². The highest BCUT2D eigenvalue weighted by molar-refractivity contribution is 6.05. The van der Waals surface area contributed by atoms with E-state index in [2.05, 4.69) is 15.6 Å². The van der Waals surface area contributed by atoms with E-state index >= 15 is 0 Å². The number of hydrogen-bond acceptors (Lipinski definition) is 5. The number of anilines is 1. The molecule has 2 amide bonds. The lowest BCUT2D eigenvalue weighted by Crippen LogP contribution is -2.25. The first-order valence-electron chi connectivity index (χ1n) is 10.5. The van der Waals surface area contributed by atoms with Gasteiger partial charge in [0.05, 0.1) is 12.8 Å². The highest BCUT2D eigenvalue weighted by Crippen LogP contribution is 2.22. The minimum atomic E-state index is -0.256. The van der Waals surface area contributed by atoms with Crippen molar-refractivity contribution in [3.63, 3.8) is 0 Å². The molecule has 1 heterocycles. The molecule has 0 bridgehead atoms. The van der Waals surface area contributed by atoms with Crippen molar-refractivity contribution >= 4 is 17.5 Å². The minimum Gasteiger partial charge on any atom is -0.497 e. The van der Waals surface area contributed by atoms with Crippen LogP contribution in [0.15, 0.2) is 60.8 Å². The lowest BCUT2D eigenvalue weighted by atomic mass is 10.1. The first kappa shape index (κ1) is 21.4. The quantitative estimate of drug-likeness (QED) is 0.560. The van der Waals surface area contributed by atoms with Crippen molar-refractivity contribution in [3.05, 3.63) is 83.2 Å². The number of ether oxygens (including phenoxy) is 2. The lowest BCUT2D eigenvalue weighted by molar-refractivity contribution is 0.0949. The molecule has 2 aromatic carbocycles. The van der Waals surface area contributed by atoms with Gasteiger partial charge in [-0.15, -0.1) is 0 Å². The van der Waals surface area contributed by atoms with Crippen molar-refractivity contribution in [2.75, 3.05) is 12.4 Å². The van der Waals surface area contributed by atoms with E-state index in [4.69, 9.17) is 9.47 Å². The highest BCUT2D eigenvalue weighted by atomic mass is 16.5. The fraction of sp³-hybridized carbons (Fsp3) is 0.240. The van der Waals surface area contributed by atoms with E-state index in [1.807, 2.05) is 19.1 Å². The number of benzene rings is 2. The number of pyridine rings is 1. The Balaban J connectivity index is 1.37. The SMILES string of the molecule is COc1ccnc(COc2ccc(C(=O)Nc3cc(C(=O)NC4CC4)ccc3C)cc2)c1. The number of rotatable bonds is 8. The van der Waals surface area contributed by atoms with Gasteiger partial charge in [0.25, 0.3) is 11.8 Å². The summed E-state index contributed by atoms with van der Waals surface area (Å²) in [5, 5.41) is 5.86. The van der Waals surface area contributed by atoms with Crippen LogP contribution in [0.25, 0.3) is 0 Å². The standard InChI is InChI=1S/C25H25N3O4/c1-16-3-4-18(25(30)27-19-7-8-19)13-23(16)28-24(29)17-5-9-21(10-6-17)32-15-20-14-22(31-2)11-12-26-20/h3-6,9-14,19H,7-8,15H2,1-2H3,(H,27,30)(H,28,29). The molecule has 1 aromatic heterocycles. The van der Waals surface area contributed by atoms with Gasteiger partial charge in [0.15, 0.2) is 0 Å². The van der Waals surface area contributed by atoms with Crippen LogP contribution in [0.1, 0.15) is 44.8 Å². The van der Waals surface area contributed by atoms with Gasteiger partial charge in [-0.25, -0.2) is 0 Å². The number of amides is 2. The van der Waals surface area contributed by atoms with Gasteiger partial charge in [0.2, 0.25) is 0 Å². The van der Waals surface area contributed by atoms with Crippen LogP contribution in [0.2, 0.25) is 0 Å². The molecule has 1 aliphatic rings. The zero-order valence-electron chi connectivity index (χ0n) is 18.1. The highest BCUT2D eigenvalue weighted by Gasteiger charge is 2.24. The molecule has 0 atom stereocenters. The molecule has 0 saturated heterocycles. The van der Waals surface area contributed by atoms with E-state index in [1.165, 1.54) is 0 Å². The predicted molar refractivity (Wildman–Crippen MR) is 121 cm³/mol. The number of carbonyl (C=O) groups excluding carboxylic acids is 2. The fourth-order valence-corrected chi connectivity index (χ4v) is 3.11. The third kappa shape index (κ3) is 5.43. The van der Waals surface area contributed by atoms with Gasteiger partial charge in [-0.2, -0.15) is 0 Å².